The van der Waals surface area contributed by atoms with E-state index in [1.54, 1.807) is 0 Å². The Bertz CT molecular complexity index is 220. The van der Waals surface area contributed by atoms with Gasteiger partial charge in [-0.05, 0) is 18.3 Å². The van der Waals surface area contributed by atoms with Gasteiger partial charge in [0, 0.05) is 18.3 Å². The smallest absolute Gasteiger partial charge is 0.139 e. The average Bonchev–Trinajstić information content (AvgIpc) is 2.29. The lowest BCUT2D eigenvalue weighted by Gasteiger charge is -2.30. The predicted octanol–water partition coefficient (Wildman–Crippen LogP) is 2.22. The molecule has 2 nitrogen and oxygen atoms in total. The molecule has 0 bridgehead atoms. The van der Waals surface area contributed by atoms with E-state index in [1.165, 1.54) is 0 Å². The van der Waals surface area contributed by atoms with Gasteiger partial charge in [-0.3, -0.25) is 4.79 Å². The van der Waals surface area contributed by atoms with Crippen LogP contribution in [0.4, 0.5) is 0 Å². The molecule has 1 saturated carbocycles. The van der Waals surface area contributed by atoms with Gasteiger partial charge in [0.05, 0.1) is 0 Å². The number of aldehydes is 1. The fourth-order valence-electron chi connectivity index (χ4n) is 2.60. The van der Waals surface area contributed by atoms with Gasteiger partial charge in [-0.15, -0.1) is 0 Å². The molecule has 0 spiro atoms. The van der Waals surface area contributed by atoms with Crippen LogP contribution in [0.25, 0.3) is 0 Å². The summed E-state index contributed by atoms with van der Waals surface area (Å²) in [5.74, 6) is 1.17. The van der Waals surface area contributed by atoms with Crippen molar-refractivity contribution in [1.29, 1.82) is 0 Å². The predicted molar refractivity (Wildman–Crippen MR) is 51.4 cm³/mol. The van der Waals surface area contributed by atoms with Crippen LogP contribution >= 0.6 is 0 Å². The van der Waals surface area contributed by atoms with E-state index >= 15 is 0 Å². The van der Waals surface area contributed by atoms with Crippen molar-refractivity contribution in [1.82, 2.24) is 0 Å². The van der Waals surface area contributed by atoms with Crippen molar-refractivity contribution < 1.29 is 9.59 Å². The highest BCUT2D eigenvalue weighted by atomic mass is 16.1. The fraction of sp³-hybridized carbons (Fsp3) is 0.818. The van der Waals surface area contributed by atoms with Gasteiger partial charge in [0.1, 0.15) is 12.1 Å². The third-order valence-electron chi connectivity index (χ3n) is 3.45. The van der Waals surface area contributed by atoms with Gasteiger partial charge in [-0.1, -0.05) is 20.8 Å². The molecule has 0 aromatic heterocycles. The molecule has 0 radical (unpaired) electrons. The first kappa shape index (κ1) is 10.4. The lowest BCUT2D eigenvalue weighted by Crippen LogP contribution is -2.32. The van der Waals surface area contributed by atoms with E-state index in [0.717, 1.165) is 12.7 Å². The second kappa shape index (κ2) is 3.60. The van der Waals surface area contributed by atoms with Crippen LogP contribution in [-0.2, 0) is 9.59 Å². The molecule has 13 heavy (non-hydrogen) atoms. The van der Waals surface area contributed by atoms with Crippen molar-refractivity contribution in [2.45, 2.75) is 40.0 Å². The molecule has 1 aliphatic carbocycles. The fourth-order valence-corrected chi connectivity index (χ4v) is 2.60. The molecule has 2 heteroatoms. The molecule has 2 atom stereocenters. The summed E-state index contributed by atoms with van der Waals surface area (Å²) < 4.78 is 0. The van der Waals surface area contributed by atoms with Crippen molar-refractivity contribution in [3.63, 3.8) is 0 Å². The first-order chi connectivity index (χ1) is 6.02. The Morgan fingerprint density at radius 3 is 2.69 bits per heavy atom. The van der Waals surface area contributed by atoms with Crippen LogP contribution in [0.1, 0.15) is 40.0 Å². The zero-order valence-corrected chi connectivity index (χ0v) is 8.67. The molecule has 0 amide bonds. The standard InChI is InChI=1S/C11H18O2/c1-8(2)9-4-5-10(13)11(9,3)6-7-12/h7-9H,4-6H2,1-3H3/t9-,11-/m0/s1. The summed E-state index contributed by atoms with van der Waals surface area (Å²) in [4.78, 5) is 22.2. The van der Waals surface area contributed by atoms with Crippen LogP contribution in [0.3, 0.4) is 0 Å². The molecule has 74 valence electrons. The van der Waals surface area contributed by atoms with Crippen molar-refractivity contribution in [3.05, 3.63) is 0 Å². The summed E-state index contributed by atoms with van der Waals surface area (Å²) in [6, 6.07) is 0. The van der Waals surface area contributed by atoms with Crippen molar-refractivity contribution >= 4 is 12.1 Å². The van der Waals surface area contributed by atoms with Crippen molar-refractivity contribution in [2.75, 3.05) is 0 Å². The molecule has 0 aromatic rings. The third kappa shape index (κ3) is 1.67. The minimum Gasteiger partial charge on any atom is -0.303 e. The highest BCUT2D eigenvalue weighted by molar-refractivity contribution is 5.88. The SMILES string of the molecule is CC(C)[C@@H]1CCC(=O)[C@@]1(C)CC=O. The Balaban J connectivity index is 2.87. The Hall–Kier alpha value is -0.660. The highest BCUT2D eigenvalue weighted by Crippen LogP contribution is 2.46. The van der Waals surface area contributed by atoms with Crippen molar-refractivity contribution in [3.8, 4) is 0 Å². The van der Waals surface area contributed by atoms with Gasteiger partial charge in [-0.2, -0.15) is 0 Å². The van der Waals surface area contributed by atoms with E-state index < -0.39 is 0 Å². The Morgan fingerprint density at radius 2 is 2.23 bits per heavy atom. The zero-order valence-electron chi connectivity index (χ0n) is 8.67. The van der Waals surface area contributed by atoms with Crippen LogP contribution in [0.5, 0.6) is 0 Å². The Morgan fingerprint density at radius 1 is 1.62 bits per heavy atom. The first-order valence-corrected chi connectivity index (χ1v) is 4.99. The van der Waals surface area contributed by atoms with Crippen LogP contribution in [0.15, 0.2) is 0 Å². The molecule has 0 N–H and O–H groups in total. The number of carbonyl (C=O) groups excluding carboxylic acids is 2. The second-order valence-electron chi connectivity index (χ2n) is 4.60. The van der Waals surface area contributed by atoms with E-state index in [9.17, 15) is 9.59 Å². The summed E-state index contributed by atoms with van der Waals surface area (Å²) >= 11 is 0. The van der Waals surface area contributed by atoms with Gasteiger partial charge in [0.15, 0.2) is 0 Å². The highest BCUT2D eigenvalue weighted by Gasteiger charge is 2.46. The maximum Gasteiger partial charge on any atom is 0.139 e. The molecular weight excluding hydrogens is 164 g/mol. The quantitative estimate of drug-likeness (QED) is 0.627. The number of carbonyl (C=O) groups is 2. The van der Waals surface area contributed by atoms with Crippen LogP contribution in [-0.4, -0.2) is 12.1 Å². The minimum absolute atomic E-state index is 0.276. The number of Topliss-reactive ketones (excluding diaryl/α,β-unsaturated/α-hetero) is 1. The van der Waals surface area contributed by atoms with Crippen LogP contribution in [0, 0.1) is 17.3 Å². The minimum atomic E-state index is -0.365. The number of hydrogen-bond donors (Lipinski definition) is 0. The molecule has 1 fully saturated rings. The summed E-state index contributed by atoms with van der Waals surface area (Å²) in [5, 5.41) is 0. The van der Waals surface area contributed by atoms with E-state index in [1.807, 2.05) is 6.92 Å². The third-order valence-corrected chi connectivity index (χ3v) is 3.45. The Labute approximate surface area is 79.7 Å². The van der Waals surface area contributed by atoms with Gasteiger partial charge < -0.3 is 4.79 Å². The molecule has 0 unspecified atom stereocenters. The summed E-state index contributed by atoms with van der Waals surface area (Å²) in [6.07, 6.45) is 2.90. The monoisotopic (exact) mass is 182 g/mol. The lowest BCUT2D eigenvalue weighted by atomic mass is 9.72. The first-order valence-electron chi connectivity index (χ1n) is 4.99. The number of rotatable bonds is 3. The van der Waals surface area contributed by atoms with E-state index in [4.69, 9.17) is 0 Å². The van der Waals surface area contributed by atoms with E-state index in [0.29, 0.717) is 24.7 Å². The van der Waals surface area contributed by atoms with Gasteiger partial charge >= 0.3 is 0 Å². The normalized spacial score (nSPS) is 34.2. The van der Waals surface area contributed by atoms with E-state index in [2.05, 4.69) is 13.8 Å². The molecule has 0 saturated heterocycles. The number of hydrogen-bond acceptors (Lipinski definition) is 2. The Kier molecular flexibility index (Phi) is 2.89. The summed E-state index contributed by atoms with van der Waals surface area (Å²) in [7, 11) is 0. The van der Waals surface area contributed by atoms with Crippen LogP contribution in [0.2, 0.25) is 0 Å². The molecule has 0 aliphatic heterocycles. The van der Waals surface area contributed by atoms with E-state index in [-0.39, 0.29) is 11.2 Å². The maximum atomic E-state index is 11.6. The summed E-state index contributed by atoms with van der Waals surface area (Å²) in [5.41, 5.74) is -0.365. The largest absolute Gasteiger partial charge is 0.303 e. The maximum absolute atomic E-state index is 11.6. The molecule has 0 heterocycles. The second-order valence-corrected chi connectivity index (χ2v) is 4.60. The van der Waals surface area contributed by atoms with Crippen molar-refractivity contribution in [2.24, 2.45) is 17.3 Å². The topological polar surface area (TPSA) is 34.1 Å². The van der Waals surface area contributed by atoms with Gasteiger partial charge in [0.2, 0.25) is 0 Å². The molecule has 1 aliphatic rings. The average molecular weight is 182 g/mol. The lowest BCUT2D eigenvalue weighted by molar-refractivity contribution is -0.129. The molecular formula is C11H18O2. The summed E-state index contributed by atoms with van der Waals surface area (Å²) in [6.45, 7) is 6.21. The zero-order chi connectivity index (χ0) is 10.1. The molecule has 1 rings (SSSR count). The van der Waals surface area contributed by atoms with Crippen LogP contribution < -0.4 is 0 Å². The molecule has 0 aromatic carbocycles. The van der Waals surface area contributed by atoms with Gasteiger partial charge in [-0.25, -0.2) is 0 Å². The number of ketones is 1. The van der Waals surface area contributed by atoms with Gasteiger partial charge in [0.25, 0.3) is 0 Å².